The van der Waals surface area contributed by atoms with Gasteiger partial charge in [-0.05, 0) is 26.0 Å². The summed E-state index contributed by atoms with van der Waals surface area (Å²) < 4.78 is 66.6. The number of nitrogens with one attached hydrogen (secondary N) is 1. The van der Waals surface area contributed by atoms with E-state index in [9.17, 15) is 26.7 Å². The number of carbonyl (C=O) groups excluding carboxylic acids is 1. The number of likely N-dealkylation sites (N-methyl/N-ethyl adjacent to an activating group) is 1. The molecule has 2 aromatic rings. The van der Waals surface area contributed by atoms with Gasteiger partial charge >= 0.3 is 6.18 Å². The number of rotatable bonds is 4. The van der Waals surface area contributed by atoms with Crippen molar-refractivity contribution < 1.29 is 26.7 Å². The van der Waals surface area contributed by atoms with Crippen LogP contribution >= 0.6 is 0 Å². The summed E-state index contributed by atoms with van der Waals surface area (Å²) in [4.78, 5) is 19.8. The Bertz CT molecular complexity index is 830. The third-order valence-corrected chi connectivity index (χ3v) is 3.72. The van der Waals surface area contributed by atoms with E-state index in [1.165, 1.54) is 25.8 Å². The normalized spacial score (nSPS) is 13.3. The van der Waals surface area contributed by atoms with Crippen molar-refractivity contribution in [1.82, 2.24) is 14.9 Å². The van der Waals surface area contributed by atoms with Crippen molar-refractivity contribution in [2.24, 2.45) is 5.73 Å². The SMILES string of the molecule is CN(Cc1nc2c(C(C)(F)F)cc(C(F)(F)F)cc2[nH]1)C(=O)C(C)(C)N. The van der Waals surface area contributed by atoms with Crippen LogP contribution in [0.1, 0.15) is 37.7 Å². The third kappa shape index (κ3) is 4.12. The van der Waals surface area contributed by atoms with Gasteiger partial charge in [-0.3, -0.25) is 4.79 Å². The lowest BCUT2D eigenvalue weighted by Crippen LogP contribution is -2.49. The Hall–Kier alpha value is -2.23. The highest BCUT2D eigenvalue weighted by Crippen LogP contribution is 2.38. The van der Waals surface area contributed by atoms with Crippen molar-refractivity contribution in [3.63, 3.8) is 0 Å². The van der Waals surface area contributed by atoms with E-state index < -0.39 is 34.7 Å². The molecule has 26 heavy (non-hydrogen) atoms. The molecular formula is C16H19F5N4O. The average molecular weight is 378 g/mol. The standard InChI is InChI=1S/C16H19F5N4O/c1-14(2,22)13(26)25(4)7-11-23-10-6-8(16(19,20)21)5-9(12(10)24-11)15(3,17)18/h5-6H,7,22H2,1-4H3,(H,23,24). The maximum absolute atomic E-state index is 13.8. The Morgan fingerprint density at radius 3 is 2.23 bits per heavy atom. The van der Waals surface area contributed by atoms with Crippen LogP contribution in [0.2, 0.25) is 0 Å². The molecule has 0 atom stereocenters. The second kappa shape index (κ2) is 6.19. The molecule has 2 rings (SSSR count). The first-order valence-electron chi connectivity index (χ1n) is 7.63. The minimum Gasteiger partial charge on any atom is -0.340 e. The van der Waals surface area contributed by atoms with Gasteiger partial charge in [0.15, 0.2) is 0 Å². The number of alkyl halides is 5. The first-order valence-corrected chi connectivity index (χ1v) is 7.63. The zero-order valence-corrected chi connectivity index (χ0v) is 14.6. The van der Waals surface area contributed by atoms with E-state index in [2.05, 4.69) is 9.97 Å². The number of fused-ring (bicyclic) bond motifs is 1. The number of H-pyrrole nitrogens is 1. The molecule has 3 N–H and O–H groups in total. The number of carbonyl (C=O) groups is 1. The van der Waals surface area contributed by atoms with Crippen LogP contribution in [0.3, 0.4) is 0 Å². The molecule has 0 saturated carbocycles. The van der Waals surface area contributed by atoms with Crippen LogP contribution in [0.5, 0.6) is 0 Å². The van der Waals surface area contributed by atoms with E-state index in [-0.39, 0.29) is 23.4 Å². The van der Waals surface area contributed by atoms with Gasteiger partial charge in [-0.1, -0.05) is 0 Å². The number of benzene rings is 1. The van der Waals surface area contributed by atoms with Crippen molar-refractivity contribution in [3.05, 3.63) is 29.1 Å². The zero-order valence-electron chi connectivity index (χ0n) is 14.6. The Kier molecular flexibility index (Phi) is 4.78. The quantitative estimate of drug-likeness (QED) is 0.801. The predicted molar refractivity (Wildman–Crippen MR) is 85.4 cm³/mol. The first kappa shape index (κ1) is 20.1. The van der Waals surface area contributed by atoms with Gasteiger partial charge in [-0.25, -0.2) is 13.8 Å². The van der Waals surface area contributed by atoms with Gasteiger partial charge in [-0.15, -0.1) is 0 Å². The number of aromatic amines is 1. The highest BCUT2D eigenvalue weighted by atomic mass is 19.4. The van der Waals surface area contributed by atoms with E-state index >= 15 is 0 Å². The maximum Gasteiger partial charge on any atom is 0.416 e. The summed E-state index contributed by atoms with van der Waals surface area (Å²) in [6.45, 7) is 3.37. The summed E-state index contributed by atoms with van der Waals surface area (Å²) in [7, 11) is 1.43. The van der Waals surface area contributed by atoms with E-state index in [1.807, 2.05) is 0 Å². The molecule has 0 fully saturated rings. The fourth-order valence-electron chi connectivity index (χ4n) is 2.53. The van der Waals surface area contributed by atoms with Gasteiger partial charge in [0.05, 0.1) is 28.7 Å². The van der Waals surface area contributed by atoms with E-state index in [0.717, 1.165) is 6.07 Å². The molecule has 1 heterocycles. The monoisotopic (exact) mass is 378 g/mol. The number of hydrogen-bond acceptors (Lipinski definition) is 3. The van der Waals surface area contributed by atoms with Crippen molar-refractivity contribution in [1.29, 1.82) is 0 Å². The number of imidazole rings is 1. The van der Waals surface area contributed by atoms with Crippen molar-refractivity contribution in [2.75, 3.05) is 7.05 Å². The van der Waals surface area contributed by atoms with Crippen LogP contribution in [0.15, 0.2) is 12.1 Å². The molecule has 5 nitrogen and oxygen atoms in total. The predicted octanol–water partition coefficient (Wildman–Crippen LogP) is 3.39. The van der Waals surface area contributed by atoms with Gasteiger partial charge < -0.3 is 15.6 Å². The Morgan fingerprint density at radius 1 is 1.19 bits per heavy atom. The van der Waals surface area contributed by atoms with Crippen molar-refractivity contribution >= 4 is 16.9 Å². The summed E-state index contributed by atoms with van der Waals surface area (Å²) in [6.07, 6.45) is -4.78. The molecule has 1 amide bonds. The molecular weight excluding hydrogens is 359 g/mol. The van der Waals surface area contributed by atoms with E-state index in [0.29, 0.717) is 13.0 Å². The van der Waals surface area contributed by atoms with Crippen molar-refractivity contribution in [2.45, 2.75) is 45.0 Å². The number of aromatic nitrogens is 2. The Labute approximate surface area is 146 Å². The highest BCUT2D eigenvalue weighted by molar-refractivity contribution is 5.85. The zero-order chi connectivity index (χ0) is 20.1. The van der Waals surface area contributed by atoms with Gasteiger partial charge in [0, 0.05) is 19.5 Å². The lowest BCUT2D eigenvalue weighted by atomic mass is 10.0. The molecule has 0 aliphatic heterocycles. The smallest absolute Gasteiger partial charge is 0.340 e. The van der Waals surface area contributed by atoms with Gasteiger partial charge in [0.1, 0.15) is 5.82 Å². The van der Waals surface area contributed by atoms with Crippen LogP contribution in [0.4, 0.5) is 22.0 Å². The molecule has 0 spiro atoms. The van der Waals surface area contributed by atoms with Gasteiger partial charge in [-0.2, -0.15) is 13.2 Å². The number of hydrogen-bond donors (Lipinski definition) is 2. The number of nitrogens with zero attached hydrogens (tertiary/aromatic N) is 2. The number of amides is 1. The molecule has 0 bridgehead atoms. The molecule has 10 heteroatoms. The summed E-state index contributed by atoms with van der Waals surface area (Å²) in [5.74, 6) is -3.88. The second-order valence-electron chi connectivity index (χ2n) is 6.87. The topological polar surface area (TPSA) is 75.0 Å². The maximum atomic E-state index is 13.8. The number of halogens is 5. The van der Waals surface area contributed by atoms with Crippen molar-refractivity contribution in [3.8, 4) is 0 Å². The second-order valence-corrected chi connectivity index (χ2v) is 6.87. The summed E-state index contributed by atoms with van der Waals surface area (Å²) in [5, 5.41) is 0. The Morgan fingerprint density at radius 2 is 1.77 bits per heavy atom. The van der Waals surface area contributed by atoms with Crippen LogP contribution < -0.4 is 5.73 Å². The van der Waals surface area contributed by atoms with Gasteiger partial charge in [0.2, 0.25) is 5.91 Å². The fourth-order valence-corrected chi connectivity index (χ4v) is 2.53. The largest absolute Gasteiger partial charge is 0.416 e. The minimum atomic E-state index is -4.78. The van der Waals surface area contributed by atoms with Crippen LogP contribution in [-0.2, 0) is 23.4 Å². The molecule has 0 aliphatic rings. The Balaban J connectivity index is 2.51. The van der Waals surface area contributed by atoms with E-state index in [1.54, 1.807) is 0 Å². The molecule has 1 aromatic carbocycles. The molecule has 0 saturated heterocycles. The van der Waals surface area contributed by atoms with Crippen LogP contribution in [0, 0.1) is 0 Å². The summed E-state index contributed by atoms with van der Waals surface area (Å²) in [6, 6.07) is 1.11. The molecule has 0 aliphatic carbocycles. The van der Waals surface area contributed by atoms with E-state index in [4.69, 9.17) is 5.73 Å². The fraction of sp³-hybridized carbons (Fsp3) is 0.500. The summed E-state index contributed by atoms with van der Waals surface area (Å²) in [5.41, 5.74) is 2.06. The first-order chi connectivity index (χ1) is 11.6. The molecule has 1 aromatic heterocycles. The highest BCUT2D eigenvalue weighted by Gasteiger charge is 2.36. The molecule has 0 radical (unpaired) electrons. The van der Waals surface area contributed by atoms with Crippen LogP contribution in [0.25, 0.3) is 11.0 Å². The van der Waals surface area contributed by atoms with Gasteiger partial charge in [0.25, 0.3) is 5.92 Å². The lowest BCUT2D eigenvalue weighted by Gasteiger charge is -2.25. The lowest BCUT2D eigenvalue weighted by molar-refractivity contribution is -0.137. The minimum absolute atomic E-state index is 0.0740. The average Bonchev–Trinajstić information content (AvgIpc) is 2.84. The molecule has 0 unspecified atom stereocenters. The summed E-state index contributed by atoms with van der Waals surface area (Å²) >= 11 is 0. The third-order valence-electron chi connectivity index (χ3n) is 3.72. The van der Waals surface area contributed by atoms with Crippen LogP contribution in [-0.4, -0.2) is 33.4 Å². The molecule has 144 valence electrons. The number of nitrogens with two attached hydrogens (primary N) is 1.